The van der Waals surface area contributed by atoms with E-state index in [1.165, 1.54) is 24.8 Å². The van der Waals surface area contributed by atoms with Crippen molar-refractivity contribution in [2.24, 2.45) is 17.8 Å². The predicted molar refractivity (Wildman–Crippen MR) is 136 cm³/mol. The Morgan fingerprint density at radius 1 is 1.23 bits per heavy atom. The molecule has 4 nitrogen and oxygen atoms in total. The minimum Gasteiger partial charge on any atom is -0.469 e. The molecule has 1 aromatic rings. The molecule has 1 unspecified atom stereocenters. The van der Waals surface area contributed by atoms with Gasteiger partial charge in [0.2, 0.25) is 0 Å². The largest absolute Gasteiger partial charge is 0.469 e. The van der Waals surface area contributed by atoms with Crippen LogP contribution in [0.15, 0.2) is 60.2 Å². The van der Waals surface area contributed by atoms with Crippen LogP contribution in [0.1, 0.15) is 64.9 Å². The van der Waals surface area contributed by atoms with Gasteiger partial charge in [-0.2, -0.15) is 0 Å². The van der Waals surface area contributed by atoms with Crippen LogP contribution in [-0.2, 0) is 24.5 Å². The Labute approximate surface area is 209 Å². The maximum atomic E-state index is 13.7. The van der Waals surface area contributed by atoms with Gasteiger partial charge in [0.1, 0.15) is 5.82 Å². The Kier molecular flexibility index (Phi) is 9.62. The van der Waals surface area contributed by atoms with Crippen LogP contribution >= 0.6 is 0 Å². The number of allylic oxidation sites excluding steroid dienone is 5. The van der Waals surface area contributed by atoms with E-state index in [2.05, 4.69) is 24.3 Å². The zero-order chi connectivity index (χ0) is 25.4. The van der Waals surface area contributed by atoms with Gasteiger partial charge in [0, 0.05) is 23.7 Å². The van der Waals surface area contributed by atoms with Crippen molar-refractivity contribution in [3.63, 3.8) is 0 Å². The highest BCUT2D eigenvalue weighted by atomic mass is 19.1. The van der Waals surface area contributed by atoms with Crippen molar-refractivity contribution in [1.82, 2.24) is 0 Å². The molecule has 190 valence electrons. The smallest absolute Gasteiger partial charge is 0.305 e. The first-order valence-electron chi connectivity index (χ1n) is 12.7. The van der Waals surface area contributed by atoms with Crippen molar-refractivity contribution in [1.29, 1.82) is 0 Å². The van der Waals surface area contributed by atoms with Gasteiger partial charge in [-0.3, -0.25) is 9.59 Å². The van der Waals surface area contributed by atoms with Crippen molar-refractivity contribution >= 4 is 11.8 Å². The predicted octanol–water partition coefficient (Wildman–Crippen LogP) is 6.51. The van der Waals surface area contributed by atoms with E-state index < -0.39 is 0 Å². The first-order valence-corrected chi connectivity index (χ1v) is 12.7. The molecule has 1 aliphatic heterocycles. The minimum atomic E-state index is -0.243. The molecule has 35 heavy (non-hydrogen) atoms. The molecule has 5 atom stereocenters. The van der Waals surface area contributed by atoms with E-state index in [0.717, 1.165) is 37.7 Å². The van der Waals surface area contributed by atoms with Crippen LogP contribution in [0.2, 0.25) is 0 Å². The normalized spacial score (nSPS) is 26.4. The number of ether oxygens (including phenoxy) is 2. The number of carbonyl (C=O) groups is 2. The molecule has 1 saturated heterocycles. The lowest BCUT2D eigenvalue weighted by Crippen LogP contribution is -2.39. The maximum Gasteiger partial charge on any atom is 0.305 e. The highest BCUT2D eigenvalue weighted by Gasteiger charge is 2.58. The quantitative estimate of drug-likeness (QED) is 0.148. The van der Waals surface area contributed by atoms with Crippen molar-refractivity contribution in [2.45, 2.75) is 70.8 Å². The second kappa shape index (κ2) is 12.4. The van der Waals surface area contributed by atoms with Gasteiger partial charge in [-0.15, -0.1) is 0 Å². The molecule has 1 aromatic carbocycles. The standard InChI is InChI=1S/C30H39FO4/c1-21(2)11-12-22(3)27(32)18-17-25-26(9-7-5-6-8-10-29(33)34-4)30(19-28(25)35-20-30)23-13-15-24(31)16-14-23/h5,7,11,13-18,22,25-26,28H,6,8-10,12,19-20H2,1-4H3/b7-5-,18-17+/t22?,25-,26-,28-,30-/m0/s1. The summed E-state index contributed by atoms with van der Waals surface area (Å²) in [6.45, 7) is 6.67. The van der Waals surface area contributed by atoms with Gasteiger partial charge in [0.25, 0.3) is 0 Å². The number of hydrogen-bond donors (Lipinski definition) is 0. The van der Waals surface area contributed by atoms with Gasteiger partial charge >= 0.3 is 5.97 Å². The number of benzene rings is 1. The first kappa shape index (κ1) is 27.1. The second-order valence-corrected chi connectivity index (χ2v) is 10.3. The highest BCUT2D eigenvalue weighted by molar-refractivity contribution is 5.91. The van der Waals surface area contributed by atoms with Gasteiger partial charge in [-0.1, -0.05) is 48.9 Å². The zero-order valence-corrected chi connectivity index (χ0v) is 21.5. The monoisotopic (exact) mass is 482 g/mol. The number of esters is 1. The third kappa shape index (κ3) is 6.78. The minimum absolute atomic E-state index is 0.0508. The Morgan fingerprint density at radius 2 is 1.97 bits per heavy atom. The number of rotatable bonds is 12. The molecule has 0 aromatic heterocycles. The van der Waals surface area contributed by atoms with E-state index in [1.54, 1.807) is 6.08 Å². The lowest BCUT2D eigenvalue weighted by atomic mass is 9.69. The summed E-state index contributed by atoms with van der Waals surface area (Å²) in [6, 6.07) is 6.81. The molecule has 5 heteroatoms. The van der Waals surface area contributed by atoms with E-state index in [4.69, 9.17) is 9.47 Å². The van der Waals surface area contributed by atoms with Gasteiger partial charge in [0.15, 0.2) is 5.78 Å². The molecule has 2 bridgehead atoms. The Balaban J connectivity index is 1.76. The van der Waals surface area contributed by atoms with Crippen molar-refractivity contribution in [2.75, 3.05) is 13.7 Å². The van der Waals surface area contributed by atoms with Gasteiger partial charge in [-0.05, 0) is 75.6 Å². The molecule has 0 N–H and O–H groups in total. The Morgan fingerprint density at radius 3 is 2.66 bits per heavy atom. The summed E-state index contributed by atoms with van der Waals surface area (Å²) in [7, 11) is 1.41. The lowest BCUT2D eigenvalue weighted by Gasteiger charge is -2.38. The number of carbonyl (C=O) groups excluding carboxylic acids is 2. The van der Waals surface area contributed by atoms with Crippen molar-refractivity contribution in [3.8, 4) is 0 Å². The third-order valence-corrected chi connectivity index (χ3v) is 7.53. The summed E-state index contributed by atoms with van der Waals surface area (Å²) >= 11 is 0. The van der Waals surface area contributed by atoms with Gasteiger partial charge in [0.05, 0.1) is 19.8 Å². The fourth-order valence-corrected chi connectivity index (χ4v) is 5.43. The molecule has 1 saturated carbocycles. The van der Waals surface area contributed by atoms with Crippen LogP contribution in [0, 0.1) is 23.6 Å². The fraction of sp³-hybridized carbons (Fsp3) is 0.533. The molecule has 1 heterocycles. The molecule has 3 rings (SSSR count). The van der Waals surface area contributed by atoms with Gasteiger partial charge < -0.3 is 9.47 Å². The van der Waals surface area contributed by atoms with Crippen LogP contribution in [-0.4, -0.2) is 31.6 Å². The first-order chi connectivity index (χ1) is 16.8. The maximum absolute atomic E-state index is 13.7. The number of fused-ring (bicyclic) bond motifs is 2. The molecule has 0 spiro atoms. The summed E-state index contributed by atoms with van der Waals surface area (Å²) in [6.07, 6.45) is 14.7. The molecule has 0 radical (unpaired) electrons. The Bertz CT molecular complexity index is 957. The summed E-state index contributed by atoms with van der Waals surface area (Å²) in [5, 5.41) is 0. The van der Waals surface area contributed by atoms with E-state index in [0.29, 0.717) is 13.0 Å². The van der Waals surface area contributed by atoms with Crippen LogP contribution in [0.5, 0.6) is 0 Å². The second-order valence-electron chi connectivity index (χ2n) is 10.3. The summed E-state index contributed by atoms with van der Waals surface area (Å²) in [4.78, 5) is 24.1. The summed E-state index contributed by atoms with van der Waals surface area (Å²) in [5.41, 5.74) is 2.12. The SMILES string of the molecule is COC(=O)CCC/C=C\C[C@H]1[C@H](/C=C/C(=O)C(C)CC=C(C)C)[C@@H]2C[C@@]1(c1ccc(F)cc1)CO2. The highest BCUT2D eigenvalue weighted by Crippen LogP contribution is 2.57. The van der Waals surface area contributed by atoms with Crippen LogP contribution in [0.3, 0.4) is 0 Å². The van der Waals surface area contributed by atoms with E-state index in [1.807, 2.05) is 32.9 Å². The van der Waals surface area contributed by atoms with E-state index >= 15 is 0 Å². The van der Waals surface area contributed by atoms with Crippen molar-refractivity contribution in [3.05, 3.63) is 71.6 Å². The molecule has 1 aliphatic carbocycles. The fourth-order valence-electron chi connectivity index (χ4n) is 5.43. The van der Waals surface area contributed by atoms with Crippen molar-refractivity contribution < 1.29 is 23.5 Å². The lowest BCUT2D eigenvalue weighted by molar-refractivity contribution is -0.140. The number of ketones is 1. The Hall–Kier alpha value is -2.53. The topological polar surface area (TPSA) is 52.6 Å². The van der Waals surface area contributed by atoms with Crippen LogP contribution in [0.4, 0.5) is 4.39 Å². The average molecular weight is 483 g/mol. The molecule has 2 fully saturated rings. The molecule has 2 aliphatic rings. The van der Waals surface area contributed by atoms with Crippen LogP contribution in [0.25, 0.3) is 0 Å². The number of hydrogen-bond acceptors (Lipinski definition) is 4. The number of halogens is 1. The summed E-state index contributed by atoms with van der Waals surface area (Å²) in [5.74, 6) is 0.0209. The third-order valence-electron chi connectivity index (χ3n) is 7.53. The molecule has 0 amide bonds. The van der Waals surface area contributed by atoms with Crippen LogP contribution < -0.4 is 0 Å². The number of unbranched alkanes of at least 4 members (excludes halogenated alkanes) is 1. The van der Waals surface area contributed by atoms with E-state index in [9.17, 15) is 14.0 Å². The van der Waals surface area contributed by atoms with E-state index in [-0.39, 0.29) is 46.8 Å². The zero-order valence-electron chi connectivity index (χ0n) is 21.5. The van der Waals surface area contributed by atoms with Gasteiger partial charge in [-0.25, -0.2) is 4.39 Å². The molecular weight excluding hydrogens is 443 g/mol. The molecular formula is C30H39FO4. The summed E-state index contributed by atoms with van der Waals surface area (Å²) < 4.78 is 24.6. The average Bonchev–Trinajstić information content (AvgIpc) is 3.41. The number of methoxy groups -OCH3 is 1.